The fraction of sp³-hybridized carbons (Fsp3) is 0.831. The van der Waals surface area contributed by atoms with Gasteiger partial charge < -0.3 is 20.1 Å². The van der Waals surface area contributed by atoms with Crippen molar-refractivity contribution in [1.82, 2.24) is 0 Å². The van der Waals surface area contributed by atoms with Gasteiger partial charge in [0.25, 0.3) is 0 Å². The van der Waals surface area contributed by atoms with Crippen molar-refractivity contribution in [2.45, 2.75) is 354 Å². The van der Waals surface area contributed by atoms with Crippen molar-refractivity contribution in [3.05, 3.63) is 60.8 Å². The highest BCUT2D eigenvalue weighted by Gasteiger charge is 2.26. The van der Waals surface area contributed by atoms with Gasteiger partial charge in [0.2, 0.25) is 0 Å². The summed E-state index contributed by atoms with van der Waals surface area (Å²) in [7, 11) is -4.39. The van der Waals surface area contributed by atoms with Gasteiger partial charge in [0.1, 0.15) is 6.61 Å². The smallest absolute Gasteiger partial charge is 0.462 e. The number of allylic oxidation sites excluding steroid dienone is 10. The van der Waals surface area contributed by atoms with E-state index in [0.717, 1.165) is 57.8 Å². The maximum atomic E-state index is 12.8. The van der Waals surface area contributed by atoms with Crippen LogP contribution in [-0.4, -0.2) is 49.3 Å². The van der Waals surface area contributed by atoms with Gasteiger partial charge >= 0.3 is 19.8 Å². The molecule has 10 heteroatoms. The van der Waals surface area contributed by atoms with Gasteiger partial charge in [-0.25, -0.2) is 4.57 Å². The van der Waals surface area contributed by atoms with Gasteiger partial charge in [-0.05, 0) is 83.5 Å². The lowest BCUT2D eigenvalue weighted by Crippen LogP contribution is -2.29. The largest absolute Gasteiger partial charge is 0.472 e. The summed E-state index contributed by atoms with van der Waals surface area (Å²) in [6.07, 6.45) is 86.0. The Balaban J connectivity index is 3.86. The zero-order valence-corrected chi connectivity index (χ0v) is 54.2. The number of rotatable bonds is 66. The number of carbonyl (C=O) groups is 2. The lowest BCUT2D eigenvalue weighted by atomic mass is 10.0. The molecule has 0 aliphatic carbocycles. The number of phosphoric ester groups is 1. The third-order valence-corrected chi connectivity index (χ3v) is 16.4. The molecule has 0 aliphatic rings. The number of esters is 2. The standard InChI is InChI=1S/C71H132NO8P/c1-3-5-7-9-11-13-15-17-19-21-23-25-27-29-31-33-34-36-37-39-41-43-45-47-49-51-53-55-57-59-61-63-70(73)77-67-69(68-79-81(75,76)78-66-65-72)80-71(74)64-62-60-58-56-54-52-50-48-46-44-42-40-38-35-32-30-28-26-24-22-20-18-16-14-12-10-8-6-4-2/h15-18,21-24,28,30,69H,3-14,19-20,25-27,29,31-68,72H2,1-2H3,(H,75,76)/b17-15-,18-16-,23-21-,24-22-,30-28-. The lowest BCUT2D eigenvalue weighted by molar-refractivity contribution is -0.161. The molecule has 0 bridgehead atoms. The molecule has 0 aliphatic heterocycles. The second kappa shape index (κ2) is 66.8. The summed E-state index contributed by atoms with van der Waals surface area (Å²) in [5, 5.41) is 0. The van der Waals surface area contributed by atoms with Crippen LogP contribution in [0, 0.1) is 0 Å². The number of nitrogens with two attached hydrogens (primary N) is 1. The maximum absolute atomic E-state index is 12.8. The van der Waals surface area contributed by atoms with Crippen molar-refractivity contribution >= 4 is 19.8 Å². The zero-order valence-electron chi connectivity index (χ0n) is 53.3. The van der Waals surface area contributed by atoms with Crippen LogP contribution in [0.5, 0.6) is 0 Å². The molecule has 474 valence electrons. The van der Waals surface area contributed by atoms with E-state index in [1.165, 1.54) is 257 Å². The first-order valence-corrected chi connectivity index (χ1v) is 36.3. The van der Waals surface area contributed by atoms with E-state index in [1.54, 1.807) is 0 Å². The highest BCUT2D eigenvalue weighted by atomic mass is 31.2. The molecule has 0 saturated heterocycles. The van der Waals surface area contributed by atoms with E-state index in [2.05, 4.69) is 74.6 Å². The average molecular weight is 1160 g/mol. The normalized spacial score (nSPS) is 13.3. The molecule has 81 heavy (non-hydrogen) atoms. The van der Waals surface area contributed by atoms with Gasteiger partial charge in [0.05, 0.1) is 13.2 Å². The van der Waals surface area contributed by atoms with Crippen LogP contribution in [0.4, 0.5) is 0 Å². The summed E-state index contributed by atoms with van der Waals surface area (Å²) in [5.41, 5.74) is 5.40. The summed E-state index contributed by atoms with van der Waals surface area (Å²) >= 11 is 0. The van der Waals surface area contributed by atoms with Crippen molar-refractivity contribution in [1.29, 1.82) is 0 Å². The minimum atomic E-state index is -4.39. The third kappa shape index (κ3) is 66.7. The molecule has 3 N–H and O–H groups in total. The van der Waals surface area contributed by atoms with Crippen molar-refractivity contribution in [3.63, 3.8) is 0 Å². The summed E-state index contributed by atoms with van der Waals surface area (Å²) in [5.74, 6) is -0.813. The minimum Gasteiger partial charge on any atom is -0.462 e. The summed E-state index contributed by atoms with van der Waals surface area (Å²) in [6.45, 7) is 3.78. The maximum Gasteiger partial charge on any atom is 0.472 e. The summed E-state index contributed by atoms with van der Waals surface area (Å²) in [6, 6.07) is 0. The van der Waals surface area contributed by atoms with E-state index in [0.29, 0.717) is 6.42 Å². The number of unbranched alkanes of at least 4 members (excludes halogenated alkanes) is 43. The van der Waals surface area contributed by atoms with Gasteiger partial charge in [0.15, 0.2) is 6.10 Å². The predicted octanol–water partition coefficient (Wildman–Crippen LogP) is 22.6. The van der Waals surface area contributed by atoms with Crippen LogP contribution in [0.1, 0.15) is 348 Å². The average Bonchev–Trinajstić information content (AvgIpc) is 3.46. The van der Waals surface area contributed by atoms with Crippen molar-refractivity contribution in [3.8, 4) is 0 Å². The molecule has 0 spiro atoms. The minimum absolute atomic E-state index is 0.0536. The first kappa shape index (κ1) is 78.7. The molecule has 0 saturated carbocycles. The van der Waals surface area contributed by atoms with E-state index >= 15 is 0 Å². The van der Waals surface area contributed by atoms with Gasteiger partial charge in [0, 0.05) is 19.4 Å². The molecule has 2 atom stereocenters. The van der Waals surface area contributed by atoms with Crippen molar-refractivity contribution < 1.29 is 37.6 Å². The first-order valence-electron chi connectivity index (χ1n) is 34.8. The quantitative estimate of drug-likeness (QED) is 0.0264. The van der Waals surface area contributed by atoms with Crippen LogP contribution in [-0.2, 0) is 32.7 Å². The molecule has 0 aromatic heterocycles. The van der Waals surface area contributed by atoms with E-state index in [1.807, 2.05) is 0 Å². The first-order chi connectivity index (χ1) is 39.8. The Hall–Kier alpha value is -2.29. The fourth-order valence-corrected chi connectivity index (χ4v) is 11.0. The molecule has 9 nitrogen and oxygen atoms in total. The topological polar surface area (TPSA) is 134 Å². The number of hydrogen-bond acceptors (Lipinski definition) is 8. The molecular formula is C71H132NO8P. The molecule has 0 radical (unpaired) electrons. The predicted molar refractivity (Wildman–Crippen MR) is 349 cm³/mol. The van der Waals surface area contributed by atoms with Gasteiger partial charge in [-0.2, -0.15) is 0 Å². The number of ether oxygens (including phenoxy) is 2. The van der Waals surface area contributed by atoms with E-state index < -0.39 is 26.5 Å². The van der Waals surface area contributed by atoms with Gasteiger partial charge in [-0.3, -0.25) is 18.6 Å². The Labute approximate surface area is 501 Å². The van der Waals surface area contributed by atoms with Crippen LogP contribution < -0.4 is 5.73 Å². The number of carbonyl (C=O) groups excluding carboxylic acids is 2. The van der Waals surface area contributed by atoms with Crippen LogP contribution in [0.15, 0.2) is 60.8 Å². The van der Waals surface area contributed by atoms with E-state index in [-0.39, 0.29) is 38.6 Å². The second-order valence-corrected chi connectivity index (χ2v) is 24.8. The molecule has 0 fully saturated rings. The molecule has 0 rings (SSSR count). The molecule has 2 unspecified atom stereocenters. The van der Waals surface area contributed by atoms with E-state index in [4.69, 9.17) is 24.3 Å². The fourth-order valence-electron chi connectivity index (χ4n) is 10.2. The van der Waals surface area contributed by atoms with Crippen molar-refractivity contribution in [2.75, 3.05) is 26.4 Å². The van der Waals surface area contributed by atoms with Crippen LogP contribution >= 0.6 is 7.82 Å². The van der Waals surface area contributed by atoms with Gasteiger partial charge in [-0.15, -0.1) is 0 Å². The lowest BCUT2D eigenvalue weighted by Gasteiger charge is -2.19. The Morgan fingerprint density at radius 1 is 0.370 bits per heavy atom. The Bertz CT molecular complexity index is 1510. The Kier molecular flexibility index (Phi) is 65.0. The molecule has 0 heterocycles. The highest BCUT2D eigenvalue weighted by Crippen LogP contribution is 2.43. The second-order valence-electron chi connectivity index (χ2n) is 23.4. The summed E-state index contributed by atoms with van der Waals surface area (Å²) in [4.78, 5) is 35.4. The van der Waals surface area contributed by atoms with Crippen LogP contribution in [0.25, 0.3) is 0 Å². The number of phosphoric acid groups is 1. The third-order valence-electron chi connectivity index (χ3n) is 15.4. The molecule has 0 aromatic rings. The van der Waals surface area contributed by atoms with Crippen LogP contribution in [0.2, 0.25) is 0 Å². The zero-order chi connectivity index (χ0) is 58.7. The van der Waals surface area contributed by atoms with Gasteiger partial charge in [-0.1, -0.05) is 312 Å². The van der Waals surface area contributed by atoms with Crippen molar-refractivity contribution in [2.24, 2.45) is 5.73 Å². The SMILES string of the molecule is CCCCCCC/C=C\C/C=C\C/C=C\CCCCCCCCCCCCCCCCC(=O)OC(COC(=O)CCCCCCCCCCCCCCCCCCCCC/C=C\C/C=C\CCCCCCC)COP(=O)(O)OCCN. The Morgan fingerprint density at radius 2 is 0.642 bits per heavy atom. The number of hydrogen-bond donors (Lipinski definition) is 2. The van der Waals surface area contributed by atoms with Crippen LogP contribution in [0.3, 0.4) is 0 Å². The highest BCUT2D eigenvalue weighted by molar-refractivity contribution is 7.47. The monoisotopic (exact) mass is 1160 g/mol. The molecule has 0 amide bonds. The van der Waals surface area contributed by atoms with E-state index in [9.17, 15) is 19.0 Å². The summed E-state index contributed by atoms with van der Waals surface area (Å²) < 4.78 is 33.2. The Morgan fingerprint density at radius 3 is 0.951 bits per heavy atom. The molecular weight excluding hydrogens is 1030 g/mol. The molecule has 0 aromatic carbocycles.